The predicted molar refractivity (Wildman–Crippen MR) is 108 cm³/mol. The SMILES string of the molecule is CNC(=O)[C@H]1Cc2cc(OC)c(OC)cc2CN1C(=O)c1c(C)cc(C)[nH]c1=O. The molecule has 0 unspecified atom stereocenters. The molecule has 0 fully saturated rings. The van der Waals surface area contributed by atoms with Gasteiger partial charge in [0, 0.05) is 25.7 Å². The monoisotopic (exact) mass is 399 g/mol. The summed E-state index contributed by atoms with van der Waals surface area (Å²) in [5, 5.41) is 2.62. The topological polar surface area (TPSA) is 101 Å². The van der Waals surface area contributed by atoms with E-state index in [1.165, 1.54) is 11.9 Å². The molecule has 1 aromatic heterocycles. The van der Waals surface area contributed by atoms with E-state index in [-0.39, 0.29) is 18.0 Å². The number of nitrogens with one attached hydrogen (secondary N) is 2. The molecule has 2 amide bonds. The molecule has 0 spiro atoms. The number of rotatable bonds is 4. The summed E-state index contributed by atoms with van der Waals surface area (Å²) in [5.74, 6) is 0.340. The molecule has 1 atom stereocenters. The number of amides is 2. The van der Waals surface area contributed by atoms with Crippen LogP contribution >= 0.6 is 0 Å². The number of fused-ring (bicyclic) bond motifs is 1. The van der Waals surface area contributed by atoms with Gasteiger partial charge in [-0.3, -0.25) is 14.4 Å². The molecule has 0 saturated carbocycles. The van der Waals surface area contributed by atoms with Crippen LogP contribution in [0.1, 0.15) is 32.7 Å². The Labute approximate surface area is 168 Å². The van der Waals surface area contributed by atoms with Gasteiger partial charge < -0.3 is 24.7 Å². The fourth-order valence-corrected chi connectivity index (χ4v) is 3.79. The first-order valence-corrected chi connectivity index (χ1v) is 9.27. The highest BCUT2D eigenvalue weighted by molar-refractivity contribution is 5.98. The van der Waals surface area contributed by atoms with E-state index in [1.54, 1.807) is 40.2 Å². The standard InChI is InChI=1S/C21H25N3O5/c1-11-6-12(2)23-20(26)18(11)21(27)24-10-14-9-17(29-5)16(28-4)8-13(14)7-15(24)19(25)22-3/h6,8-9,15H,7,10H2,1-5H3,(H,22,25)(H,23,26)/t15-/m1/s1. The van der Waals surface area contributed by atoms with Gasteiger partial charge in [-0.05, 0) is 48.7 Å². The Kier molecular flexibility index (Phi) is 5.63. The summed E-state index contributed by atoms with van der Waals surface area (Å²) in [4.78, 5) is 42.5. The van der Waals surface area contributed by atoms with Crippen LogP contribution in [-0.2, 0) is 17.8 Å². The van der Waals surface area contributed by atoms with Crippen molar-refractivity contribution in [3.05, 3.63) is 56.5 Å². The summed E-state index contributed by atoms with van der Waals surface area (Å²) in [7, 11) is 4.61. The molecule has 1 aromatic carbocycles. The van der Waals surface area contributed by atoms with Gasteiger partial charge in [-0.25, -0.2) is 0 Å². The van der Waals surface area contributed by atoms with E-state index < -0.39 is 17.5 Å². The molecule has 2 aromatic rings. The van der Waals surface area contributed by atoms with Gasteiger partial charge in [0.25, 0.3) is 11.5 Å². The van der Waals surface area contributed by atoms with Crippen LogP contribution in [0.15, 0.2) is 23.0 Å². The van der Waals surface area contributed by atoms with E-state index in [0.29, 0.717) is 29.2 Å². The van der Waals surface area contributed by atoms with Crippen molar-refractivity contribution in [1.82, 2.24) is 15.2 Å². The maximum absolute atomic E-state index is 13.3. The van der Waals surface area contributed by atoms with E-state index in [0.717, 1.165) is 11.1 Å². The van der Waals surface area contributed by atoms with Crippen molar-refractivity contribution < 1.29 is 19.1 Å². The Hall–Kier alpha value is -3.29. The van der Waals surface area contributed by atoms with Crippen molar-refractivity contribution >= 4 is 11.8 Å². The molecule has 1 aliphatic rings. The maximum Gasteiger partial charge on any atom is 0.261 e. The van der Waals surface area contributed by atoms with E-state index >= 15 is 0 Å². The number of aryl methyl sites for hydroxylation is 2. The number of hydrogen-bond donors (Lipinski definition) is 2. The number of aromatic amines is 1. The second-order valence-corrected chi connectivity index (χ2v) is 7.08. The van der Waals surface area contributed by atoms with Gasteiger partial charge in [0.05, 0.1) is 14.2 Å². The van der Waals surface area contributed by atoms with Gasteiger partial charge in [-0.15, -0.1) is 0 Å². The van der Waals surface area contributed by atoms with E-state index in [9.17, 15) is 14.4 Å². The molecule has 0 bridgehead atoms. The van der Waals surface area contributed by atoms with Crippen LogP contribution < -0.4 is 20.3 Å². The number of likely N-dealkylation sites (N-methyl/N-ethyl adjacent to an activating group) is 1. The summed E-state index contributed by atoms with van der Waals surface area (Å²) in [5.41, 5.74) is 2.58. The second-order valence-electron chi connectivity index (χ2n) is 7.08. The van der Waals surface area contributed by atoms with E-state index in [4.69, 9.17) is 9.47 Å². The minimum absolute atomic E-state index is 0.0495. The summed E-state index contributed by atoms with van der Waals surface area (Å²) < 4.78 is 10.7. The second kappa shape index (κ2) is 7.98. The molecule has 29 heavy (non-hydrogen) atoms. The first kappa shape index (κ1) is 20.4. The molecule has 154 valence electrons. The summed E-state index contributed by atoms with van der Waals surface area (Å²) in [6.45, 7) is 3.66. The largest absolute Gasteiger partial charge is 0.493 e. The van der Waals surface area contributed by atoms with Crippen molar-refractivity contribution in [3.8, 4) is 11.5 Å². The number of nitrogens with zero attached hydrogens (tertiary/aromatic N) is 1. The smallest absolute Gasteiger partial charge is 0.261 e. The molecule has 2 N–H and O–H groups in total. The quantitative estimate of drug-likeness (QED) is 0.808. The molecule has 8 nitrogen and oxygen atoms in total. The Bertz CT molecular complexity index is 1030. The summed E-state index contributed by atoms with van der Waals surface area (Å²) in [6, 6.07) is 4.64. The third-order valence-electron chi connectivity index (χ3n) is 5.22. The lowest BCUT2D eigenvalue weighted by Gasteiger charge is -2.36. The van der Waals surface area contributed by atoms with Crippen molar-refractivity contribution in [2.45, 2.75) is 32.9 Å². The fraction of sp³-hybridized carbons (Fsp3) is 0.381. The first-order valence-electron chi connectivity index (χ1n) is 9.27. The molecule has 1 aliphatic heterocycles. The van der Waals surface area contributed by atoms with Crippen LogP contribution in [0, 0.1) is 13.8 Å². The number of aromatic nitrogens is 1. The Morgan fingerprint density at radius 3 is 2.28 bits per heavy atom. The number of carbonyl (C=O) groups is 2. The molecular formula is C21H25N3O5. The highest BCUT2D eigenvalue weighted by Crippen LogP contribution is 2.35. The van der Waals surface area contributed by atoms with Crippen LogP contribution in [0.5, 0.6) is 11.5 Å². The van der Waals surface area contributed by atoms with Gasteiger partial charge >= 0.3 is 0 Å². The lowest BCUT2D eigenvalue weighted by molar-refractivity contribution is -0.125. The normalized spacial score (nSPS) is 15.5. The zero-order valence-electron chi connectivity index (χ0n) is 17.2. The van der Waals surface area contributed by atoms with Gasteiger partial charge in [-0.1, -0.05) is 0 Å². The highest BCUT2D eigenvalue weighted by atomic mass is 16.5. The first-order chi connectivity index (χ1) is 13.8. The third kappa shape index (κ3) is 3.70. The van der Waals surface area contributed by atoms with E-state index in [2.05, 4.69) is 10.3 Å². The number of ether oxygens (including phenoxy) is 2. The molecule has 0 saturated heterocycles. The van der Waals surface area contributed by atoms with Crippen LogP contribution in [0.2, 0.25) is 0 Å². The number of carbonyl (C=O) groups excluding carboxylic acids is 2. The Balaban J connectivity index is 2.09. The van der Waals surface area contributed by atoms with Crippen LogP contribution in [0.3, 0.4) is 0 Å². The average Bonchev–Trinajstić information content (AvgIpc) is 2.70. The average molecular weight is 399 g/mol. The predicted octanol–water partition coefficient (Wildman–Crippen LogP) is 1.32. The molecule has 3 rings (SSSR count). The minimum atomic E-state index is -0.738. The number of pyridine rings is 1. The number of H-pyrrole nitrogens is 1. The van der Waals surface area contributed by atoms with Crippen molar-refractivity contribution in [3.63, 3.8) is 0 Å². The third-order valence-corrected chi connectivity index (χ3v) is 5.22. The fourth-order valence-electron chi connectivity index (χ4n) is 3.79. The lowest BCUT2D eigenvalue weighted by Crippen LogP contribution is -2.52. The van der Waals surface area contributed by atoms with Gasteiger partial charge in [0.1, 0.15) is 11.6 Å². The Morgan fingerprint density at radius 2 is 1.72 bits per heavy atom. The van der Waals surface area contributed by atoms with Crippen molar-refractivity contribution in [1.29, 1.82) is 0 Å². The van der Waals surface area contributed by atoms with Crippen LogP contribution in [-0.4, -0.2) is 49.0 Å². The molecule has 0 radical (unpaired) electrons. The van der Waals surface area contributed by atoms with Crippen molar-refractivity contribution in [2.75, 3.05) is 21.3 Å². The van der Waals surface area contributed by atoms with Crippen LogP contribution in [0.4, 0.5) is 0 Å². The number of benzene rings is 1. The van der Waals surface area contributed by atoms with Crippen LogP contribution in [0.25, 0.3) is 0 Å². The minimum Gasteiger partial charge on any atom is -0.493 e. The highest BCUT2D eigenvalue weighted by Gasteiger charge is 2.36. The lowest BCUT2D eigenvalue weighted by atomic mass is 9.92. The van der Waals surface area contributed by atoms with E-state index in [1.807, 2.05) is 6.07 Å². The van der Waals surface area contributed by atoms with Crippen molar-refractivity contribution in [2.24, 2.45) is 0 Å². The zero-order valence-corrected chi connectivity index (χ0v) is 17.2. The number of hydrogen-bond acceptors (Lipinski definition) is 5. The van der Waals surface area contributed by atoms with Gasteiger partial charge in [-0.2, -0.15) is 0 Å². The molecule has 2 heterocycles. The van der Waals surface area contributed by atoms with Gasteiger partial charge in [0.15, 0.2) is 11.5 Å². The summed E-state index contributed by atoms with van der Waals surface area (Å²) >= 11 is 0. The molecule has 0 aliphatic carbocycles. The van der Waals surface area contributed by atoms with Gasteiger partial charge in [0.2, 0.25) is 5.91 Å². The summed E-state index contributed by atoms with van der Waals surface area (Å²) in [6.07, 6.45) is 0.309. The molecule has 8 heteroatoms. The Morgan fingerprint density at radius 1 is 1.10 bits per heavy atom. The maximum atomic E-state index is 13.3. The number of methoxy groups -OCH3 is 2. The molecular weight excluding hydrogens is 374 g/mol. The zero-order chi connectivity index (χ0) is 21.3.